The lowest BCUT2D eigenvalue weighted by Gasteiger charge is -2.31. The van der Waals surface area contributed by atoms with Gasteiger partial charge in [-0.05, 0) is 187 Å². The highest BCUT2D eigenvalue weighted by Crippen LogP contribution is 2.35. The van der Waals surface area contributed by atoms with Crippen molar-refractivity contribution in [1.82, 2.24) is 9.80 Å². The number of carbonyl (C=O) groups is 2. The van der Waals surface area contributed by atoms with Gasteiger partial charge in [0.15, 0.2) is 0 Å². The minimum Gasteiger partial charge on any atom is -0.507 e. The largest absolute Gasteiger partial charge is 0.507 e. The summed E-state index contributed by atoms with van der Waals surface area (Å²) in [4.78, 5) is 28.6. The number of ether oxygens (including phenoxy) is 3. The number of esters is 2. The summed E-state index contributed by atoms with van der Waals surface area (Å²) < 4.78 is 43.6. The Kier molecular flexibility index (Phi) is 20.6. The Balaban J connectivity index is 0.000000184. The summed E-state index contributed by atoms with van der Waals surface area (Å²) in [6.45, 7) is 19.3. The van der Waals surface area contributed by atoms with Crippen LogP contribution in [-0.2, 0) is 46.5 Å². The molecule has 0 amide bonds. The van der Waals surface area contributed by atoms with E-state index in [4.69, 9.17) is 18.4 Å². The van der Waals surface area contributed by atoms with E-state index in [0.29, 0.717) is 31.0 Å². The number of hydrogen-bond acceptors (Lipinski definition) is 11. The topological polar surface area (TPSA) is 132 Å². The average Bonchev–Trinajstić information content (AvgIpc) is 3.32. The number of rotatable bonds is 14. The number of phenolic OH excluding ortho intramolecular Hbond substituents is 1. The first kappa shape index (κ1) is 54.1. The Morgan fingerprint density at radius 1 is 0.594 bits per heavy atom. The fourth-order valence-corrected chi connectivity index (χ4v) is 11.4. The molecule has 2 aliphatic carbocycles. The number of fused-ring (bicyclic) bond motifs is 2. The third-order valence-corrected chi connectivity index (χ3v) is 15.6. The van der Waals surface area contributed by atoms with Crippen LogP contribution < -0.4 is 4.74 Å². The number of benzene rings is 4. The van der Waals surface area contributed by atoms with Gasteiger partial charge in [-0.1, -0.05) is 76.2 Å². The molecule has 2 saturated carbocycles. The molecule has 380 valence electrons. The molecular weight excluding hydrogens is 889 g/mol. The lowest BCUT2D eigenvalue weighted by Crippen LogP contribution is -2.36. The second kappa shape index (κ2) is 26.3. The minimum atomic E-state index is -3.26. The van der Waals surface area contributed by atoms with E-state index in [-0.39, 0.29) is 29.9 Å². The molecule has 4 aliphatic rings. The zero-order valence-electron chi connectivity index (χ0n) is 42.7. The molecule has 11 nitrogen and oxygen atoms in total. The summed E-state index contributed by atoms with van der Waals surface area (Å²) in [5.74, 6) is 4.48. The van der Waals surface area contributed by atoms with E-state index in [1.165, 1.54) is 47.6 Å². The van der Waals surface area contributed by atoms with E-state index in [9.17, 15) is 23.1 Å². The van der Waals surface area contributed by atoms with E-state index in [2.05, 4.69) is 86.0 Å². The van der Waals surface area contributed by atoms with Crippen LogP contribution in [0.5, 0.6) is 11.5 Å². The van der Waals surface area contributed by atoms with Crippen molar-refractivity contribution in [2.45, 2.75) is 144 Å². The molecule has 0 aromatic heterocycles. The van der Waals surface area contributed by atoms with Crippen LogP contribution in [0.4, 0.5) is 0 Å². The number of piperidine rings is 2. The second-order valence-corrected chi connectivity index (χ2v) is 22.3. The van der Waals surface area contributed by atoms with Crippen LogP contribution in [0, 0.1) is 35.5 Å². The summed E-state index contributed by atoms with van der Waals surface area (Å²) in [5.41, 5.74) is 2.55. The summed E-state index contributed by atoms with van der Waals surface area (Å²) >= 11 is 0. The molecule has 1 N–H and O–H groups in total. The molecule has 12 heteroatoms. The van der Waals surface area contributed by atoms with Crippen LogP contribution in [-0.4, -0.2) is 93.1 Å². The third-order valence-electron chi connectivity index (χ3n) is 15.0. The van der Waals surface area contributed by atoms with E-state index < -0.39 is 10.1 Å². The van der Waals surface area contributed by atoms with Crippen molar-refractivity contribution in [3.8, 4) is 11.5 Å². The molecule has 0 radical (unpaired) electrons. The number of carbonyl (C=O) groups excluding carboxylic acids is 2. The van der Waals surface area contributed by atoms with Crippen LogP contribution in [0.15, 0.2) is 72.8 Å². The van der Waals surface area contributed by atoms with Gasteiger partial charge in [0.05, 0.1) is 43.5 Å². The molecule has 0 atom stereocenters. The summed E-state index contributed by atoms with van der Waals surface area (Å²) in [6, 6.07) is 25.0. The first-order valence-corrected chi connectivity index (χ1v) is 28.0. The monoisotopic (exact) mass is 971 g/mol. The smallest absolute Gasteiger partial charge is 0.309 e. The van der Waals surface area contributed by atoms with Gasteiger partial charge in [0, 0.05) is 23.9 Å². The zero-order valence-corrected chi connectivity index (χ0v) is 43.5. The quantitative estimate of drug-likeness (QED) is 0.0957. The second-order valence-electron chi connectivity index (χ2n) is 20.7. The van der Waals surface area contributed by atoms with Gasteiger partial charge < -0.3 is 19.3 Å². The van der Waals surface area contributed by atoms with E-state index in [1.54, 1.807) is 6.07 Å². The molecule has 4 aromatic rings. The number of phenols is 1. The third kappa shape index (κ3) is 16.7. The van der Waals surface area contributed by atoms with Gasteiger partial charge in [-0.2, -0.15) is 8.42 Å². The van der Waals surface area contributed by atoms with Crippen LogP contribution in [0.25, 0.3) is 21.5 Å². The van der Waals surface area contributed by atoms with Crippen LogP contribution in [0.2, 0.25) is 0 Å². The standard InChI is InChI=1S/C28H39NO3.C19H23NO3.C10H20O3S/c1-4-31-28(30)23-14-16-29(17-15-23)19-21-8-13-26-24(18-21)6-5-7-27(26)32-25-11-9-22(10-12-25)20(2)3;1-2-23-19(22)15-8-10-20(11-9-15)13-14-6-7-17-16(12-14)4-3-5-18(17)21;1-8(2)9-4-6-10(7-5-9)13-14(3,11)12/h5-8,13,18,20,22-23,25H,4,9-12,14-17,19H2,1-3H3;3-7,12,15,21H,2,8-11,13H2,1H3;8-10H,4-7H2,1-3H3. The number of hydrogen-bond donors (Lipinski definition) is 1. The maximum Gasteiger partial charge on any atom is 0.309 e. The van der Waals surface area contributed by atoms with Crippen molar-refractivity contribution in [3.05, 3.63) is 83.9 Å². The van der Waals surface area contributed by atoms with Crippen molar-refractivity contribution in [2.75, 3.05) is 45.6 Å². The minimum absolute atomic E-state index is 0.0249. The van der Waals surface area contributed by atoms with Crippen molar-refractivity contribution in [2.24, 2.45) is 35.5 Å². The fourth-order valence-electron chi connectivity index (χ4n) is 10.8. The summed E-state index contributed by atoms with van der Waals surface area (Å²) in [5, 5.41) is 14.3. The lowest BCUT2D eigenvalue weighted by molar-refractivity contribution is -0.150. The van der Waals surface area contributed by atoms with Crippen LogP contribution >= 0.6 is 0 Å². The van der Waals surface area contributed by atoms with Crippen molar-refractivity contribution >= 4 is 43.6 Å². The predicted octanol–water partition coefficient (Wildman–Crippen LogP) is 11.7. The van der Waals surface area contributed by atoms with Gasteiger partial charge >= 0.3 is 11.9 Å². The fraction of sp³-hybridized carbons (Fsp3) is 0.614. The number of aromatic hydroxyl groups is 1. The van der Waals surface area contributed by atoms with Gasteiger partial charge in [-0.3, -0.25) is 23.6 Å². The molecule has 0 bridgehead atoms. The van der Waals surface area contributed by atoms with Gasteiger partial charge in [0.25, 0.3) is 10.1 Å². The maximum absolute atomic E-state index is 12.0. The predicted molar refractivity (Wildman–Crippen MR) is 277 cm³/mol. The zero-order chi connectivity index (χ0) is 49.5. The molecular formula is C57H82N2O9S. The highest BCUT2D eigenvalue weighted by atomic mass is 32.2. The van der Waals surface area contributed by atoms with E-state index >= 15 is 0 Å². The maximum atomic E-state index is 12.0. The number of likely N-dealkylation sites (tertiary alicyclic amines) is 2. The highest BCUT2D eigenvalue weighted by molar-refractivity contribution is 7.86. The SMILES string of the molecule is CC(C)C1CCC(OS(C)(=O)=O)CC1.CCOC(=O)C1CCN(Cc2ccc3c(O)cccc3c2)CC1.CCOC(=O)C1CCN(Cc2ccc3c(OC4CCC(C(C)C)CC4)cccc3c2)CC1. The Morgan fingerprint density at radius 2 is 1.03 bits per heavy atom. The van der Waals surface area contributed by atoms with Crippen molar-refractivity contribution < 1.29 is 41.5 Å². The van der Waals surface area contributed by atoms with E-state index in [1.807, 2.05) is 32.0 Å². The Hall–Kier alpha value is -4.23. The Labute approximate surface area is 413 Å². The molecule has 69 heavy (non-hydrogen) atoms. The Morgan fingerprint density at radius 3 is 1.48 bits per heavy atom. The molecule has 2 heterocycles. The first-order chi connectivity index (χ1) is 33.1. The van der Waals surface area contributed by atoms with Gasteiger partial charge in [-0.15, -0.1) is 0 Å². The first-order valence-electron chi connectivity index (χ1n) is 26.1. The van der Waals surface area contributed by atoms with Crippen LogP contribution in [0.3, 0.4) is 0 Å². The van der Waals surface area contributed by atoms with E-state index in [0.717, 1.165) is 131 Å². The summed E-state index contributed by atoms with van der Waals surface area (Å²) in [6.07, 6.45) is 13.8. The molecule has 2 saturated heterocycles. The van der Waals surface area contributed by atoms with Crippen LogP contribution in [0.1, 0.15) is 130 Å². The molecule has 8 rings (SSSR count). The molecule has 0 unspecified atom stereocenters. The van der Waals surface area contributed by atoms with Crippen molar-refractivity contribution in [3.63, 3.8) is 0 Å². The van der Waals surface area contributed by atoms with Gasteiger partial charge in [0.2, 0.25) is 0 Å². The molecule has 4 fully saturated rings. The highest BCUT2D eigenvalue weighted by Gasteiger charge is 2.29. The van der Waals surface area contributed by atoms with Crippen molar-refractivity contribution in [1.29, 1.82) is 0 Å². The summed E-state index contributed by atoms with van der Waals surface area (Å²) in [7, 11) is -3.26. The van der Waals surface area contributed by atoms with Gasteiger partial charge in [-0.25, -0.2) is 0 Å². The Bertz CT molecular complexity index is 2340. The number of nitrogens with zero attached hydrogens (tertiary/aromatic N) is 2. The molecule has 0 spiro atoms. The lowest BCUT2D eigenvalue weighted by atomic mass is 9.80. The van der Waals surface area contributed by atoms with Gasteiger partial charge in [0.1, 0.15) is 11.5 Å². The molecule has 4 aromatic carbocycles. The average molecular weight is 971 g/mol. The normalized spacial score (nSPS) is 22.1. The molecule has 2 aliphatic heterocycles.